The van der Waals surface area contributed by atoms with Crippen LogP contribution in [0.2, 0.25) is 5.02 Å². The van der Waals surface area contributed by atoms with Crippen molar-refractivity contribution >= 4 is 22.9 Å². The molecule has 0 saturated carbocycles. The molecule has 0 spiro atoms. The fraction of sp³-hybridized carbons (Fsp3) is 0.143. The van der Waals surface area contributed by atoms with Crippen LogP contribution in [-0.4, -0.2) is 5.51 Å². The van der Waals surface area contributed by atoms with E-state index in [1.165, 1.54) is 12.1 Å². The second kappa shape index (κ2) is 3.75. The van der Waals surface area contributed by atoms with Crippen LogP contribution in [0.15, 0.2) is 29.2 Å². The van der Waals surface area contributed by atoms with E-state index in [1.54, 1.807) is 0 Å². The molecule has 0 nitrogen and oxygen atoms in total. The summed E-state index contributed by atoms with van der Waals surface area (Å²) in [6.45, 7) is 0. The third kappa shape index (κ3) is 2.77. The molecule has 1 aromatic carbocycles. The predicted octanol–water partition coefficient (Wildman–Crippen LogP) is 3.72. The minimum atomic E-state index is -4.83. The molecule has 6 heteroatoms. The third-order valence-corrected chi connectivity index (χ3v) is 2.57. The van der Waals surface area contributed by atoms with E-state index in [0.717, 1.165) is 12.1 Å². The molecule has 0 N–H and O–H groups in total. The van der Waals surface area contributed by atoms with Crippen molar-refractivity contribution in [3.05, 3.63) is 29.3 Å². The van der Waals surface area contributed by atoms with Crippen LogP contribution in [-0.2, 0) is 11.3 Å². The van der Waals surface area contributed by atoms with Gasteiger partial charge in [-0.05, 0) is 24.3 Å². The number of benzene rings is 1. The highest BCUT2D eigenvalue weighted by molar-refractivity contribution is 7.92. The van der Waals surface area contributed by atoms with E-state index in [-0.39, 0.29) is 5.02 Å². The number of hydrogen-bond acceptors (Lipinski definition) is 0. The Kier molecular flexibility index (Phi) is 3.08. The molecule has 0 heterocycles. The van der Waals surface area contributed by atoms with Crippen LogP contribution in [0, 0.1) is 0 Å². The largest absolute Gasteiger partial charge is 0.620 e. The van der Waals surface area contributed by atoms with E-state index in [9.17, 15) is 17.1 Å². The second-order valence-electron chi connectivity index (χ2n) is 2.16. The molecular weight excluding hydrogens is 228 g/mol. The Hall–Kier alpha value is -0.420. The molecule has 0 saturated heterocycles. The number of hydrogen-bond donors (Lipinski definition) is 0. The molecule has 0 bridgehead atoms. The molecule has 1 atom stereocenters. The molecule has 1 rings (SSSR count). The van der Waals surface area contributed by atoms with Gasteiger partial charge in [0.1, 0.15) is 0 Å². The first kappa shape index (κ1) is 10.7. The van der Waals surface area contributed by atoms with E-state index in [1.807, 2.05) is 0 Å². The minimum Gasteiger partial charge on any atom is -0.119 e. The molecule has 0 aliphatic rings. The Bertz CT molecular complexity index is 282. The maximum atomic E-state index is 12.6. The monoisotopic (exact) mass is 231 g/mol. The van der Waals surface area contributed by atoms with Crippen LogP contribution in [0.4, 0.5) is 17.1 Å². The minimum absolute atomic E-state index is 0.280. The second-order valence-corrected chi connectivity index (χ2v) is 4.04. The van der Waals surface area contributed by atoms with Crippen molar-refractivity contribution in [2.75, 3.05) is 0 Å². The highest BCUT2D eigenvalue weighted by atomic mass is 35.5. The van der Waals surface area contributed by atoms with Crippen molar-refractivity contribution in [2.24, 2.45) is 0 Å². The lowest BCUT2D eigenvalue weighted by atomic mass is 10.4. The van der Waals surface area contributed by atoms with Crippen LogP contribution in [0.25, 0.3) is 0 Å². The summed E-state index contributed by atoms with van der Waals surface area (Å²) in [6.07, 6.45) is 0. The lowest BCUT2D eigenvalue weighted by Crippen LogP contribution is -2.18. The molecule has 1 unspecified atom stereocenters. The Morgan fingerprint density at radius 3 is 1.92 bits per heavy atom. The van der Waals surface area contributed by atoms with Gasteiger partial charge in [-0.1, -0.05) is 11.6 Å². The van der Waals surface area contributed by atoms with Gasteiger partial charge in [0, 0.05) is 8.91 Å². The molecule has 0 radical (unpaired) electrons. The SMILES string of the molecule is F[S+](c1ccc(Cl)cc1)C(F)(F)F. The van der Waals surface area contributed by atoms with Crippen LogP contribution in [0.3, 0.4) is 0 Å². The van der Waals surface area contributed by atoms with Crippen LogP contribution >= 0.6 is 11.6 Å². The summed E-state index contributed by atoms with van der Waals surface area (Å²) in [6, 6.07) is 4.50. The normalized spacial score (nSPS) is 14.2. The summed E-state index contributed by atoms with van der Waals surface area (Å²) in [7, 11) is 0. The van der Waals surface area contributed by atoms with Crippen LogP contribution < -0.4 is 0 Å². The fourth-order valence-electron chi connectivity index (χ4n) is 0.688. The Morgan fingerprint density at radius 1 is 1.08 bits per heavy atom. The smallest absolute Gasteiger partial charge is 0.119 e. The van der Waals surface area contributed by atoms with E-state index in [4.69, 9.17) is 11.6 Å². The average Bonchev–Trinajstić information content (AvgIpc) is 2.03. The molecule has 0 fully saturated rings. The van der Waals surface area contributed by atoms with Gasteiger partial charge in [-0.25, -0.2) is 0 Å². The van der Waals surface area contributed by atoms with Crippen molar-refractivity contribution in [2.45, 2.75) is 10.4 Å². The van der Waals surface area contributed by atoms with Crippen molar-refractivity contribution in [1.29, 1.82) is 0 Å². The molecule has 0 amide bonds. The van der Waals surface area contributed by atoms with Gasteiger partial charge in [-0.2, -0.15) is 0 Å². The number of alkyl halides is 3. The lowest BCUT2D eigenvalue weighted by molar-refractivity contribution is -0.0404. The standard InChI is InChI=1S/C7H4ClF4S/c8-5-1-3-6(4-2-5)13(12)7(9,10)11/h1-4H/q+1. The molecule has 0 aliphatic carbocycles. The van der Waals surface area contributed by atoms with Crippen molar-refractivity contribution in [1.82, 2.24) is 0 Å². The van der Waals surface area contributed by atoms with Crippen molar-refractivity contribution in [3.63, 3.8) is 0 Å². The topological polar surface area (TPSA) is 0 Å². The van der Waals surface area contributed by atoms with E-state index in [0.29, 0.717) is 0 Å². The van der Waals surface area contributed by atoms with Gasteiger partial charge in [0.05, 0.1) is 0 Å². The highest BCUT2D eigenvalue weighted by Gasteiger charge is 2.56. The van der Waals surface area contributed by atoms with E-state index < -0.39 is 21.7 Å². The van der Waals surface area contributed by atoms with Gasteiger partial charge < -0.3 is 0 Å². The van der Waals surface area contributed by atoms with E-state index in [2.05, 4.69) is 0 Å². The molecular formula is C7H4ClF4S+. The fourth-order valence-corrected chi connectivity index (χ4v) is 1.46. The zero-order valence-corrected chi connectivity index (χ0v) is 7.68. The molecule has 1 aromatic rings. The zero-order valence-electron chi connectivity index (χ0n) is 6.11. The maximum Gasteiger partial charge on any atom is 0.620 e. The summed E-state index contributed by atoms with van der Waals surface area (Å²) in [5.41, 5.74) is -4.83. The van der Waals surface area contributed by atoms with Gasteiger partial charge >= 0.3 is 16.8 Å². The Morgan fingerprint density at radius 2 is 1.54 bits per heavy atom. The molecule has 13 heavy (non-hydrogen) atoms. The maximum absolute atomic E-state index is 12.6. The summed E-state index contributed by atoms with van der Waals surface area (Å²) in [5, 5.41) is 0.280. The van der Waals surface area contributed by atoms with Crippen molar-refractivity contribution in [3.8, 4) is 0 Å². The van der Waals surface area contributed by atoms with Gasteiger partial charge in [0.2, 0.25) is 4.90 Å². The zero-order chi connectivity index (χ0) is 10.1. The summed E-state index contributed by atoms with van der Waals surface area (Å²) in [4.78, 5) is -0.406. The summed E-state index contributed by atoms with van der Waals surface area (Å²) < 4.78 is 48.2. The van der Waals surface area contributed by atoms with E-state index >= 15 is 0 Å². The van der Waals surface area contributed by atoms with Gasteiger partial charge in [-0.15, -0.1) is 13.2 Å². The summed E-state index contributed by atoms with van der Waals surface area (Å²) >= 11 is 2.21. The first-order chi connectivity index (χ1) is 5.91. The number of rotatable bonds is 1. The predicted molar refractivity (Wildman–Crippen MR) is 44.2 cm³/mol. The Labute approximate surface area is 80.1 Å². The quantitative estimate of drug-likeness (QED) is 0.510. The third-order valence-electron chi connectivity index (χ3n) is 1.22. The van der Waals surface area contributed by atoms with Crippen LogP contribution in [0.5, 0.6) is 0 Å². The molecule has 72 valence electrons. The summed E-state index contributed by atoms with van der Waals surface area (Å²) in [5.74, 6) is 0. The first-order valence-electron chi connectivity index (χ1n) is 3.14. The Balaban J connectivity index is 2.90. The van der Waals surface area contributed by atoms with Crippen molar-refractivity contribution < 1.29 is 17.1 Å². The highest BCUT2D eigenvalue weighted by Crippen LogP contribution is 2.33. The average molecular weight is 232 g/mol. The number of halogens is 5. The van der Waals surface area contributed by atoms with Gasteiger partial charge in [0.15, 0.2) is 0 Å². The molecule has 0 aromatic heterocycles. The molecule has 0 aliphatic heterocycles. The first-order valence-corrected chi connectivity index (χ1v) is 4.64. The van der Waals surface area contributed by atoms with Gasteiger partial charge in [0.25, 0.3) is 0 Å². The lowest BCUT2D eigenvalue weighted by Gasteiger charge is -1.98. The van der Waals surface area contributed by atoms with Crippen LogP contribution in [0.1, 0.15) is 0 Å². The van der Waals surface area contributed by atoms with Gasteiger partial charge in [-0.3, -0.25) is 0 Å².